The zero-order chi connectivity index (χ0) is 16.9. The van der Waals surface area contributed by atoms with E-state index in [2.05, 4.69) is 13.0 Å². The maximum Gasteiger partial charge on any atom is 0.310 e. The van der Waals surface area contributed by atoms with Crippen LogP contribution in [0.15, 0.2) is 60.7 Å². The van der Waals surface area contributed by atoms with Crippen LogP contribution in [0.3, 0.4) is 0 Å². The number of hydrogen-bond acceptors (Lipinski definition) is 2. The Bertz CT molecular complexity index is 539. The van der Waals surface area contributed by atoms with Gasteiger partial charge in [0.25, 0.3) is 0 Å². The molecule has 0 fully saturated rings. The van der Waals surface area contributed by atoms with Crippen LogP contribution in [-0.4, -0.2) is 18.2 Å². The Kier molecular flexibility index (Phi) is 9.22. The summed E-state index contributed by atoms with van der Waals surface area (Å²) in [7, 11) is 1.60. The zero-order valence-corrected chi connectivity index (χ0v) is 13.9. The van der Waals surface area contributed by atoms with Gasteiger partial charge in [0.15, 0.2) is 0 Å². The molecule has 0 amide bonds. The van der Waals surface area contributed by atoms with Gasteiger partial charge in [-0.15, -0.1) is 0 Å². The van der Waals surface area contributed by atoms with Gasteiger partial charge < -0.3 is 9.84 Å². The molecule has 23 heavy (non-hydrogen) atoms. The van der Waals surface area contributed by atoms with Gasteiger partial charge in [-0.25, -0.2) is 0 Å². The molecule has 1 atom stereocenters. The molecule has 0 aliphatic rings. The predicted octanol–water partition coefficient (Wildman–Crippen LogP) is 5.11. The lowest BCUT2D eigenvalue weighted by molar-refractivity contribution is -0.138. The van der Waals surface area contributed by atoms with E-state index < -0.39 is 11.9 Å². The molecule has 0 saturated carbocycles. The van der Waals surface area contributed by atoms with E-state index in [-0.39, 0.29) is 0 Å². The van der Waals surface area contributed by atoms with Crippen molar-refractivity contribution in [2.45, 2.75) is 38.5 Å². The summed E-state index contributed by atoms with van der Waals surface area (Å²) in [6.07, 6.45) is 15.6. The molecule has 1 N–H and O–H groups in total. The van der Waals surface area contributed by atoms with Gasteiger partial charge in [-0.1, -0.05) is 61.9 Å². The lowest BCUT2D eigenvalue weighted by Crippen LogP contribution is -2.11. The van der Waals surface area contributed by atoms with Gasteiger partial charge in [0.05, 0.1) is 13.0 Å². The summed E-state index contributed by atoms with van der Waals surface area (Å²) in [4.78, 5) is 11.4. The van der Waals surface area contributed by atoms with E-state index in [1.165, 1.54) is 0 Å². The number of methoxy groups -OCH3 is 1. The van der Waals surface area contributed by atoms with Gasteiger partial charge in [-0.2, -0.15) is 0 Å². The average molecular weight is 314 g/mol. The molecule has 0 aliphatic carbocycles. The highest BCUT2D eigenvalue weighted by atomic mass is 16.5. The topological polar surface area (TPSA) is 46.5 Å². The van der Waals surface area contributed by atoms with Gasteiger partial charge in [0, 0.05) is 0 Å². The molecule has 1 unspecified atom stereocenters. The summed E-state index contributed by atoms with van der Waals surface area (Å²) in [5.41, 5.74) is 0.810. The second-order valence-corrected chi connectivity index (χ2v) is 5.27. The van der Waals surface area contributed by atoms with Gasteiger partial charge >= 0.3 is 5.97 Å². The third kappa shape index (κ3) is 7.50. The van der Waals surface area contributed by atoms with E-state index in [0.717, 1.165) is 30.6 Å². The Hall–Kier alpha value is -2.29. The third-order valence-electron chi connectivity index (χ3n) is 3.50. The fourth-order valence-electron chi connectivity index (χ4n) is 2.18. The minimum Gasteiger partial charge on any atom is -0.497 e. The minimum absolute atomic E-state index is 0.487. The Balaban J connectivity index is 2.49. The van der Waals surface area contributed by atoms with Crippen LogP contribution in [0.2, 0.25) is 0 Å². The standard InChI is InChI=1S/C20H26O3/c1-3-4-5-6-7-8-9-10-11-12-19(20(21)22)17-13-15-18(23-2)16-14-17/h5-10,13-16,19H,3-4,11-12H2,1-2H3,(H,21,22)/b6-5+,8-7+,10-9+. The third-order valence-corrected chi connectivity index (χ3v) is 3.50. The first-order chi connectivity index (χ1) is 11.2. The fourth-order valence-corrected chi connectivity index (χ4v) is 2.18. The van der Waals surface area contributed by atoms with Crippen molar-refractivity contribution in [3.05, 3.63) is 66.3 Å². The van der Waals surface area contributed by atoms with Gasteiger partial charge in [-0.05, 0) is 37.0 Å². The van der Waals surface area contributed by atoms with Crippen LogP contribution in [0.1, 0.15) is 44.1 Å². The first-order valence-corrected chi connectivity index (χ1v) is 8.04. The summed E-state index contributed by atoms with van der Waals surface area (Å²) in [6, 6.07) is 7.23. The molecule has 0 aliphatic heterocycles. The quantitative estimate of drug-likeness (QED) is 0.610. The number of aliphatic carboxylic acids is 1. The summed E-state index contributed by atoms with van der Waals surface area (Å²) in [6.45, 7) is 2.15. The molecule has 1 aromatic rings. The number of benzene rings is 1. The molecule has 0 heterocycles. The summed E-state index contributed by atoms with van der Waals surface area (Å²) in [5, 5.41) is 9.40. The first kappa shape index (κ1) is 18.8. The monoisotopic (exact) mass is 314 g/mol. The number of allylic oxidation sites excluding steroid dienone is 6. The molecule has 0 spiro atoms. The molecule has 3 nitrogen and oxygen atoms in total. The average Bonchev–Trinajstić information content (AvgIpc) is 2.56. The zero-order valence-electron chi connectivity index (χ0n) is 13.9. The highest BCUT2D eigenvalue weighted by molar-refractivity contribution is 5.76. The van der Waals surface area contributed by atoms with Crippen molar-refractivity contribution < 1.29 is 14.6 Å². The highest BCUT2D eigenvalue weighted by Gasteiger charge is 2.18. The van der Waals surface area contributed by atoms with E-state index in [9.17, 15) is 9.90 Å². The maximum absolute atomic E-state index is 11.4. The molecular formula is C20H26O3. The molecule has 0 saturated heterocycles. The minimum atomic E-state index is -0.790. The van der Waals surface area contributed by atoms with Crippen LogP contribution in [0.25, 0.3) is 0 Å². The predicted molar refractivity (Wildman–Crippen MR) is 94.9 cm³/mol. The Labute approximate surface area is 139 Å². The number of hydrogen-bond donors (Lipinski definition) is 1. The number of rotatable bonds is 10. The van der Waals surface area contributed by atoms with Crippen molar-refractivity contribution in [2.75, 3.05) is 7.11 Å². The van der Waals surface area contributed by atoms with E-state index in [1.54, 1.807) is 19.2 Å². The van der Waals surface area contributed by atoms with E-state index in [1.807, 2.05) is 42.5 Å². The number of carbonyl (C=O) groups is 1. The Morgan fingerprint density at radius 2 is 1.70 bits per heavy atom. The van der Waals surface area contributed by atoms with Crippen molar-refractivity contribution in [2.24, 2.45) is 0 Å². The Morgan fingerprint density at radius 1 is 1.09 bits per heavy atom. The maximum atomic E-state index is 11.4. The van der Waals surface area contributed by atoms with E-state index >= 15 is 0 Å². The van der Waals surface area contributed by atoms with Crippen LogP contribution in [0.5, 0.6) is 5.75 Å². The van der Waals surface area contributed by atoms with Crippen molar-refractivity contribution >= 4 is 5.97 Å². The van der Waals surface area contributed by atoms with Crippen molar-refractivity contribution in [1.29, 1.82) is 0 Å². The van der Waals surface area contributed by atoms with E-state index in [4.69, 9.17) is 4.74 Å². The lowest BCUT2D eigenvalue weighted by Gasteiger charge is -2.12. The number of carboxylic acid groups (broad SMARTS) is 1. The second-order valence-electron chi connectivity index (χ2n) is 5.27. The molecule has 1 aromatic carbocycles. The van der Waals surface area contributed by atoms with Gasteiger partial charge in [0.1, 0.15) is 5.75 Å². The number of unbranched alkanes of at least 4 members (excludes halogenated alkanes) is 1. The van der Waals surface area contributed by atoms with Gasteiger partial charge in [-0.3, -0.25) is 4.79 Å². The normalized spacial score (nSPS) is 13.1. The Morgan fingerprint density at radius 3 is 2.22 bits per heavy atom. The highest BCUT2D eigenvalue weighted by Crippen LogP contribution is 2.24. The fraction of sp³-hybridized carbons (Fsp3) is 0.350. The molecule has 124 valence electrons. The molecule has 0 radical (unpaired) electrons. The summed E-state index contributed by atoms with van der Waals surface area (Å²) >= 11 is 0. The van der Waals surface area contributed by atoms with E-state index in [0.29, 0.717) is 6.42 Å². The lowest BCUT2D eigenvalue weighted by atomic mass is 9.94. The number of ether oxygens (including phenoxy) is 1. The molecule has 3 heteroatoms. The SMILES string of the molecule is CCC/C=C/C=C/C=C/CCC(C(=O)O)c1ccc(OC)cc1. The van der Waals surface area contributed by atoms with Crippen LogP contribution < -0.4 is 4.74 Å². The largest absolute Gasteiger partial charge is 0.497 e. The molecule has 0 bridgehead atoms. The summed E-state index contributed by atoms with van der Waals surface area (Å²) < 4.78 is 5.10. The van der Waals surface area contributed by atoms with Gasteiger partial charge in [0.2, 0.25) is 0 Å². The summed E-state index contributed by atoms with van der Waals surface area (Å²) in [5.74, 6) is -0.542. The van der Waals surface area contributed by atoms with Crippen molar-refractivity contribution in [1.82, 2.24) is 0 Å². The van der Waals surface area contributed by atoms with Crippen LogP contribution in [0, 0.1) is 0 Å². The molecule has 1 rings (SSSR count). The molecule has 0 aromatic heterocycles. The number of carboxylic acids is 1. The van der Waals surface area contributed by atoms with Crippen LogP contribution >= 0.6 is 0 Å². The smallest absolute Gasteiger partial charge is 0.310 e. The second kappa shape index (κ2) is 11.3. The van der Waals surface area contributed by atoms with Crippen LogP contribution in [-0.2, 0) is 4.79 Å². The molecular weight excluding hydrogens is 288 g/mol. The van der Waals surface area contributed by atoms with Crippen LogP contribution in [0.4, 0.5) is 0 Å². The first-order valence-electron chi connectivity index (χ1n) is 8.04. The van der Waals surface area contributed by atoms with Crippen molar-refractivity contribution in [3.8, 4) is 5.75 Å². The van der Waals surface area contributed by atoms with Crippen molar-refractivity contribution in [3.63, 3.8) is 0 Å².